The molecule has 2 aromatic heterocycles. The third kappa shape index (κ3) is 2.15. The lowest BCUT2D eigenvalue weighted by atomic mass is 9.79. The molecule has 0 amide bonds. The van der Waals surface area contributed by atoms with E-state index in [1.807, 2.05) is 0 Å². The Morgan fingerprint density at radius 2 is 2.42 bits per heavy atom. The molecule has 1 aliphatic rings. The Balaban J connectivity index is 1.74. The summed E-state index contributed by atoms with van der Waals surface area (Å²) in [4.78, 5) is 11.3. The number of ether oxygens (including phenoxy) is 1. The molecule has 0 unspecified atom stereocenters. The molecule has 1 saturated carbocycles. The van der Waals surface area contributed by atoms with E-state index in [9.17, 15) is 0 Å². The summed E-state index contributed by atoms with van der Waals surface area (Å²) in [5.74, 6) is 1.05. The van der Waals surface area contributed by atoms with E-state index < -0.39 is 0 Å². The van der Waals surface area contributed by atoms with Crippen LogP contribution in [0.5, 0.6) is 0 Å². The first kappa shape index (κ1) is 12.3. The smallest absolute Gasteiger partial charge is 0.244 e. The van der Waals surface area contributed by atoms with Gasteiger partial charge in [0.2, 0.25) is 11.7 Å². The Hall–Kier alpha value is -1.73. The summed E-state index contributed by atoms with van der Waals surface area (Å²) in [6.45, 7) is 0. The van der Waals surface area contributed by atoms with Gasteiger partial charge in [-0.25, -0.2) is 4.98 Å². The summed E-state index contributed by atoms with van der Waals surface area (Å²) in [6.07, 6.45) is 6.92. The lowest BCUT2D eigenvalue weighted by molar-refractivity contribution is -0.0858. The molecule has 2 aromatic rings. The van der Waals surface area contributed by atoms with Gasteiger partial charge in [-0.05, 0) is 19.3 Å². The number of methoxy groups -OCH3 is 1. The zero-order chi connectivity index (χ0) is 13.3. The third-order valence-corrected chi connectivity index (χ3v) is 3.71. The maximum absolute atomic E-state index is 6.06. The number of nitrogens with two attached hydrogens (primary N) is 1. The fourth-order valence-electron chi connectivity index (χ4n) is 2.31. The number of rotatable bonds is 5. The zero-order valence-corrected chi connectivity index (χ0v) is 10.8. The third-order valence-electron chi connectivity index (χ3n) is 3.71. The molecule has 7 heteroatoms. The molecule has 0 spiro atoms. The molecule has 2 heterocycles. The summed E-state index contributed by atoms with van der Waals surface area (Å²) in [5.41, 5.74) is 6.64. The number of hydrogen-bond donors (Lipinski definition) is 2. The maximum atomic E-state index is 6.06. The topological polar surface area (TPSA) is 103 Å². The summed E-state index contributed by atoms with van der Waals surface area (Å²) < 4.78 is 10.8. The molecule has 0 aliphatic heterocycles. The largest absolute Gasteiger partial charge is 0.370 e. The van der Waals surface area contributed by atoms with Crippen LogP contribution in [-0.2, 0) is 16.8 Å². The van der Waals surface area contributed by atoms with Crippen molar-refractivity contribution in [1.82, 2.24) is 20.1 Å². The maximum Gasteiger partial charge on any atom is 0.244 e. The van der Waals surface area contributed by atoms with Crippen LogP contribution in [0.1, 0.15) is 42.7 Å². The van der Waals surface area contributed by atoms with E-state index in [1.165, 1.54) is 0 Å². The fraction of sp³-hybridized carbons (Fsp3) is 0.583. The van der Waals surface area contributed by atoms with Crippen molar-refractivity contribution < 1.29 is 9.26 Å². The van der Waals surface area contributed by atoms with Crippen LogP contribution in [0.3, 0.4) is 0 Å². The van der Waals surface area contributed by atoms with Crippen molar-refractivity contribution in [3.8, 4) is 0 Å². The first-order chi connectivity index (χ1) is 9.23. The van der Waals surface area contributed by atoms with Gasteiger partial charge in [0.05, 0.1) is 12.4 Å². The summed E-state index contributed by atoms with van der Waals surface area (Å²) in [6, 6.07) is -0.337. The lowest BCUT2D eigenvalue weighted by Crippen LogP contribution is -2.37. The van der Waals surface area contributed by atoms with Crippen LogP contribution in [0.15, 0.2) is 17.0 Å². The van der Waals surface area contributed by atoms with Gasteiger partial charge in [-0.1, -0.05) is 5.16 Å². The first-order valence-electron chi connectivity index (χ1n) is 6.35. The minimum atomic E-state index is -0.366. The van der Waals surface area contributed by atoms with Crippen LogP contribution in [0.2, 0.25) is 0 Å². The number of nitrogens with one attached hydrogen (secondary N) is 1. The SMILES string of the molecule is COC1(c2noc([C@H](N)Cc3cnc[nH]3)n2)CCC1. The second-order valence-corrected chi connectivity index (χ2v) is 4.90. The number of hydrogen-bond acceptors (Lipinski definition) is 6. The van der Waals surface area contributed by atoms with Crippen LogP contribution < -0.4 is 5.73 Å². The minimum absolute atomic E-state index is 0.337. The van der Waals surface area contributed by atoms with Crippen LogP contribution in [-0.4, -0.2) is 27.2 Å². The molecule has 0 radical (unpaired) electrons. The standard InChI is InChI=1S/C12H17N5O2/c1-18-12(3-2-4-12)11-16-10(19-17-11)9(13)5-8-6-14-7-15-8/h6-7,9H,2-5,13H2,1H3,(H,14,15)/t9-/m1/s1. The monoisotopic (exact) mass is 263 g/mol. The normalized spacial score (nSPS) is 19.1. The Bertz CT molecular complexity index is 527. The molecular weight excluding hydrogens is 246 g/mol. The molecule has 3 rings (SSSR count). The Labute approximate surface area is 110 Å². The van der Waals surface area contributed by atoms with Crippen molar-refractivity contribution >= 4 is 0 Å². The fourth-order valence-corrected chi connectivity index (χ4v) is 2.31. The van der Waals surface area contributed by atoms with Gasteiger partial charge in [0, 0.05) is 25.4 Å². The van der Waals surface area contributed by atoms with E-state index in [0.717, 1.165) is 25.0 Å². The molecule has 19 heavy (non-hydrogen) atoms. The minimum Gasteiger partial charge on any atom is -0.370 e. The van der Waals surface area contributed by atoms with Gasteiger partial charge in [-0.15, -0.1) is 0 Å². The predicted octanol–water partition coefficient (Wildman–Crippen LogP) is 1.06. The number of aromatic nitrogens is 4. The Kier molecular flexibility index (Phi) is 3.08. The van der Waals surface area contributed by atoms with E-state index in [1.54, 1.807) is 19.6 Å². The van der Waals surface area contributed by atoms with Crippen LogP contribution in [0.4, 0.5) is 0 Å². The van der Waals surface area contributed by atoms with E-state index in [0.29, 0.717) is 18.1 Å². The van der Waals surface area contributed by atoms with Gasteiger partial charge in [0.25, 0.3) is 0 Å². The molecule has 1 aliphatic carbocycles. The quantitative estimate of drug-likeness (QED) is 0.836. The van der Waals surface area contributed by atoms with Crippen molar-refractivity contribution in [2.75, 3.05) is 7.11 Å². The van der Waals surface area contributed by atoms with E-state index in [-0.39, 0.29) is 11.6 Å². The Morgan fingerprint density at radius 3 is 3.00 bits per heavy atom. The van der Waals surface area contributed by atoms with Crippen molar-refractivity contribution in [2.45, 2.75) is 37.3 Å². The van der Waals surface area contributed by atoms with Gasteiger partial charge >= 0.3 is 0 Å². The van der Waals surface area contributed by atoms with Crippen molar-refractivity contribution in [1.29, 1.82) is 0 Å². The number of nitrogens with zero attached hydrogens (tertiary/aromatic N) is 3. The van der Waals surface area contributed by atoms with Crippen molar-refractivity contribution in [3.63, 3.8) is 0 Å². The highest BCUT2D eigenvalue weighted by molar-refractivity contribution is 5.09. The average molecular weight is 263 g/mol. The molecular formula is C12H17N5O2. The van der Waals surface area contributed by atoms with E-state index in [4.69, 9.17) is 15.0 Å². The predicted molar refractivity (Wildman–Crippen MR) is 66.1 cm³/mol. The van der Waals surface area contributed by atoms with E-state index >= 15 is 0 Å². The van der Waals surface area contributed by atoms with Crippen molar-refractivity contribution in [3.05, 3.63) is 29.9 Å². The zero-order valence-electron chi connectivity index (χ0n) is 10.8. The van der Waals surface area contributed by atoms with Gasteiger partial charge in [-0.2, -0.15) is 4.98 Å². The highest BCUT2D eigenvalue weighted by Gasteiger charge is 2.43. The van der Waals surface area contributed by atoms with Gasteiger partial charge in [0.15, 0.2) is 0 Å². The molecule has 102 valence electrons. The molecule has 3 N–H and O–H groups in total. The first-order valence-corrected chi connectivity index (χ1v) is 6.35. The number of aromatic amines is 1. The number of imidazole rings is 1. The van der Waals surface area contributed by atoms with Crippen LogP contribution >= 0.6 is 0 Å². The summed E-state index contributed by atoms with van der Waals surface area (Å²) >= 11 is 0. The summed E-state index contributed by atoms with van der Waals surface area (Å²) in [5, 5.41) is 4.01. The molecule has 0 aromatic carbocycles. The van der Waals surface area contributed by atoms with Crippen LogP contribution in [0.25, 0.3) is 0 Å². The number of H-pyrrole nitrogens is 1. The highest BCUT2D eigenvalue weighted by atomic mass is 16.5. The lowest BCUT2D eigenvalue weighted by Gasteiger charge is -2.37. The molecule has 1 fully saturated rings. The molecule has 7 nitrogen and oxygen atoms in total. The van der Waals surface area contributed by atoms with E-state index in [2.05, 4.69) is 20.1 Å². The van der Waals surface area contributed by atoms with Crippen LogP contribution in [0, 0.1) is 0 Å². The molecule has 0 saturated heterocycles. The van der Waals surface area contributed by atoms with Gasteiger partial charge in [0.1, 0.15) is 5.60 Å². The highest BCUT2D eigenvalue weighted by Crippen LogP contribution is 2.42. The Morgan fingerprint density at radius 1 is 1.58 bits per heavy atom. The molecule has 1 atom stereocenters. The van der Waals surface area contributed by atoms with Gasteiger partial charge < -0.3 is 20.0 Å². The van der Waals surface area contributed by atoms with Crippen molar-refractivity contribution in [2.24, 2.45) is 5.73 Å². The summed E-state index contributed by atoms with van der Waals surface area (Å²) in [7, 11) is 1.68. The molecule has 0 bridgehead atoms. The van der Waals surface area contributed by atoms with Gasteiger partial charge in [-0.3, -0.25) is 0 Å². The second kappa shape index (κ2) is 4.75. The second-order valence-electron chi connectivity index (χ2n) is 4.90. The average Bonchev–Trinajstić information content (AvgIpc) is 2.99.